The maximum absolute atomic E-state index is 12.0. The molecule has 7 nitrogen and oxygen atoms in total. The molecular weight excluding hydrogens is 356 g/mol. The number of aromatic hydroxyl groups is 1. The number of hydrogen-bond donors (Lipinski definition) is 1. The van der Waals surface area contributed by atoms with E-state index in [1.807, 2.05) is 30.3 Å². The van der Waals surface area contributed by atoms with E-state index >= 15 is 0 Å². The standard InChI is InChI=1S/C18H16N2O5S/c21-14-6-8-15(9-7-14)24-12-26-18(22)17-20-19-16(25-17)11-23-10-13-4-2-1-3-5-13/h1-9,21H,10-12H2. The second-order valence-electron chi connectivity index (χ2n) is 5.17. The predicted molar refractivity (Wildman–Crippen MR) is 94.8 cm³/mol. The number of nitrogens with zero attached hydrogens (tertiary/aromatic N) is 2. The van der Waals surface area contributed by atoms with E-state index in [0.29, 0.717) is 12.4 Å². The van der Waals surface area contributed by atoms with E-state index in [2.05, 4.69) is 10.2 Å². The predicted octanol–water partition coefficient (Wildman–Crippen LogP) is 3.40. The van der Waals surface area contributed by atoms with Crippen molar-refractivity contribution in [3.05, 3.63) is 71.9 Å². The molecule has 2 aromatic carbocycles. The lowest BCUT2D eigenvalue weighted by molar-refractivity contribution is 0.0872. The molecule has 3 rings (SSSR count). The van der Waals surface area contributed by atoms with Gasteiger partial charge < -0.3 is 19.0 Å². The molecule has 1 aromatic heterocycles. The summed E-state index contributed by atoms with van der Waals surface area (Å²) < 4.78 is 16.2. The highest BCUT2D eigenvalue weighted by Crippen LogP contribution is 2.19. The van der Waals surface area contributed by atoms with Gasteiger partial charge in [0.25, 0.3) is 11.0 Å². The van der Waals surface area contributed by atoms with E-state index < -0.39 is 0 Å². The van der Waals surface area contributed by atoms with Gasteiger partial charge in [-0.25, -0.2) is 0 Å². The topological polar surface area (TPSA) is 94.7 Å². The van der Waals surface area contributed by atoms with E-state index in [9.17, 15) is 9.90 Å². The van der Waals surface area contributed by atoms with Crippen molar-refractivity contribution in [1.29, 1.82) is 0 Å². The minimum Gasteiger partial charge on any atom is -0.508 e. The maximum Gasteiger partial charge on any atom is 0.295 e. The number of aromatic nitrogens is 2. The molecule has 8 heteroatoms. The molecule has 0 aliphatic carbocycles. The van der Waals surface area contributed by atoms with Gasteiger partial charge in [-0.3, -0.25) is 4.79 Å². The highest BCUT2D eigenvalue weighted by Gasteiger charge is 2.16. The summed E-state index contributed by atoms with van der Waals surface area (Å²) in [6.45, 7) is 0.547. The van der Waals surface area contributed by atoms with Crippen LogP contribution in [0.3, 0.4) is 0 Å². The number of thioether (sulfide) groups is 1. The van der Waals surface area contributed by atoms with Crippen LogP contribution in [0.1, 0.15) is 22.1 Å². The lowest BCUT2D eigenvalue weighted by atomic mass is 10.2. The van der Waals surface area contributed by atoms with Gasteiger partial charge >= 0.3 is 0 Å². The van der Waals surface area contributed by atoms with Crippen LogP contribution in [0.5, 0.6) is 11.5 Å². The summed E-state index contributed by atoms with van der Waals surface area (Å²) in [5, 5.41) is 16.3. The average molecular weight is 372 g/mol. The maximum atomic E-state index is 12.0. The van der Waals surface area contributed by atoms with Crippen LogP contribution in [0.15, 0.2) is 59.0 Å². The summed E-state index contributed by atoms with van der Waals surface area (Å²) in [6, 6.07) is 15.9. The zero-order chi connectivity index (χ0) is 18.2. The third kappa shape index (κ3) is 5.33. The number of carbonyl (C=O) groups excluding carboxylic acids is 1. The van der Waals surface area contributed by atoms with Gasteiger partial charge in [-0.1, -0.05) is 30.3 Å². The van der Waals surface area contributed by atoms with Gasteiger partial charge in [0.1, 0.15) is 24.0 Å². The Kier molecular flexibility index (Phi) is 6.24. The molecule has 0 fully saturated rings. The molecule has 26 heavy (non-hydrogen) atoms. The summed E-state index contributed by atoms with van der Waals surface area (Å²) in [5.74, 6) is 0.927. The first kappa shape index (κ1) is 18.0. The van der Waals surface area contributed by atoms with E-state index in [-0.39, 0.29) is 35.2 Å². The fourth-order valence-electron chi connectivity index (χ4n) is 1.98. The summed E-state index contributed by atoms with van der Waals surface area (Å²) in [4.78, 5) is 12.0. The van der Waals surface area contributed by atoms with E-state index in [0.717, 1.165) is 17.3 Å². The first-order valence-electron chi connectivity index (χ1n) is 7.74. The highest BCUT2D eigenvalue weighted by atomic mass is 32.2. The Morgan fingerprint density at radius 1 is 1.04 bits per heavy atom. The third-order valence-corrected chi connectivity index (χ3v) is 3.90. The first-order chi connectivity index (χ1) is 12.7. The van der Waals surface area contributed by atoms with Crippen LogP contribution < -0.4 is 4.74 Å². The van der Waals surface area contributed by atoms with Gasteiger partial charge in [0, 0.05) is 0 Å². The third-order valence-electron chi connectivity index (χ3n) is 3.23. The minimum atomic E-state index is -0.384. The lowest BCUT2D eigenvalue weighted by Crippen LogP contribution is -2.00. The average Bonchev–Trinajstić information content (AvgIpc) is 3.13. The summed E-state index contributed by atoms with van der Waals surface area (Å²) in [7, 11) is 0. The van der Waals surface area contributed by atoms with Crippen LogP contribution in [0, 0.1) is 0 Å². The van der Waals surface area contributed by atoms with Crippen molar-refractivity contribution in [2.24, 2.45) is 0 Å². The van der Waals surface area contributed by atoms with Crippen molar-refractivity contribution in [1.82, 2.24) is 10.2 Å². The van der Waals surface area contributed by atoms with Crippen molar-refractivity contribution in [3.63, 3.8) is 0 Å². The SMILES string of the molecule is O=C(SCOc1ccc(O)cc1)c1nnc(COCc2ccccc2)o1. The van der Waals surface area contributed by atoms with Crippen molar-refractivity contribution in [2.45, 2.75) is 13.2 Å². The fraction of sp³-hybridized carbons (Fsp3) is 0.167. The van der Waals surface area contributed by atoms with E-state index in [4.69, 9.17) is 13.9 Å². The molecule has 0 spiro atoms. The van der Waals surface area contributed by atoms with Gasteiger partial charge in [0.05, 0.1) is 6.61 Å². The van der Waals surface area contributed by atoms with Crippen LogP contribution in [0.2, 0.25) is 0 Å². The first-order valence-corrected chi connectivity index (χ1v) is 8.72. The molecular formula is C18H16N2O5S. The number of benzene rings is 2. The molecule has 0 saturated carbocycles. The molecule has 0 atom stereocenters. The van der Waals surface area contributed by atoms with Crippen LogP contribution >= 0.6 is 11.8 Å². The molecule has 0 amide bonds. The summed E-state index contributed by atoms with van der Waals surface area (Å²) in [6.07, 6.45) is 0. The molecule has 0 bridgehead atoms. The molecule has 0 radical (unpaired) electrons. The Labute approximate surface area is 154 Å². The van der Waals surface area contributed by atoms with Crippen LogP contribution in [-0.4, -0.2) is 26.4 Å². The number of carbonyl (C=O) groups is 1. The van der Waals surface area contributed by atoms with Gasteiger partial charge in [-0.05, 0) is 41.6 Å². The Morgan fingerprint density at radius 3 is 2.58 bits per heavy atom. The van der Waals surface area contributed by atoms with Gasteiger partial charge in [-0.2, -0.15) is 0 Å². The second-order valence-corrected chi connectivity index (χ2v) is 6.06. The number of phenolic OH excluding ortho intramolecular Hbond substituents is 1. The van der Waals surface area contributed by atoms with Crippen molar-refractivity contribution in [3.8, 4) is 11.5 Å². The summed E-state index contributed by atoms with van der Waals surface area (Å²) in [5.41, 5.74) is 1.03. The molecule has 1 heterocycles. The molecule has 0 saturated heterocycles. The number of ether oxygens (including phenoxy) is 2. The Bertz CT molecular complexity index is 836. The normalized spacial score (nSPS) is 10.6. The van der Waals surface area contributed by atoms with E-state index in [1.165, 1.54) is 12.1 Å². The smallest absolute Gasteiger partial charge is 0.295 e. The van der Waals surface area contributed by atoms with Crippen LogP contribution in [0.25, 0.3) is 0 Å². The van der Waals surface area contributed by atoms with Gasteiger partial charge in [0.2, 0.25) is 5.89 Å². The van der Waals surface area contributed by atoms with Gasteiger partial charge in [-0.15, -0.1) is 10.2 Å². The molecule has 0 unspecified atom stereocenters. The summed E-state index contributed by atoms with van der Waals surface area (Å²) >= 11 is 0.902. The zero-order valence-electron chi connectivity index (χ0n) is 13.7. The Morgan fingerprint density at radius 2 is 1.81 bits per heavy atom. The zero-order valence-corrected chi connectivity index (χ0v) is 14.5. The monoisotopic (exact) mass is 372 g/mol. The van der Waals surface area contributed by atoms with Crippen LogP contribution in [0.4, 0.5) is 0 Å². The minimum absolute atomic E-state index is 0.0891. The lowest BCUT2D eigenvalue weighted by Gasteiger charge is -2.03. The second kappa shape index (κ2) is 9.02. The highest BCUT2D eigenvalue weighted by molar-refractivity contribution is 8.14. The van der Waals surface area contributed by atoms with Crippen LogP contribution in [-0.2, 0) is 18.0 Å². The fourth-order valence-corrected chi connectivity index (χ4v) is 2.49. The quantitative estimate of drug-likeness (QED) is 0.601. The Hall–Kier alpha value is -2.84. The van der Waals surface area contributed by atoms with Crippen molar-refractivity contribution in [2.75, 3.05) is 5.94 Å². The molecule has 0 aliphatic heterocycles. The molecule has 0 aliphatic rings. The number of phenols is 1. The number of hydrogen-bond acceptors (Lipinski definition) is 8. The van der Waals surface area contributed by atoms with Gasteiger partial charge in [0.15, 0.2) is 0 Å². The molecule has 3 aromatic rings. The Balaban J connectivity index is 1.41. The van der Waals surface area contributed by atoms with E-state index in [1.54, 1.807) is 12.1 Å². The number of rotatable bonds is 8. The van der Waals surface area contributed by atoms with Crippen molar-refractivity contribution < 1.29 is 23.8 Å². The molecule has 134 valence electrons. The molecule has 1 N–H and O–H groups in total. The largest absolute Gasteiger partial charge is 0.508 e. The van der Waals surface area contributed by atoms with Crippen molar-refractivity contribution >= 4 is 16.9 Å².